The largest absolute Gasteiger partial charge is 0.493 e. The molecule has 0 bridgehead atoms. The summed E-state index contributed by atoms with van der Waals surface area (Å²) in [7, 11) is 0. The van der Waals surface area contributed by atoms with E-state index in [1.54, 1.807) is 0 Å². The first-order chi connectivity index (χ1) is 7.33. The van der Waals surface area contributed by atoms with Crippen LogP contribution in [0.5, 0.6) is 5.75 Å². The van der Waals surface area contributed by atoms with Crippen LogP contribution in [0.25, 0.3) is 0 Å². The van der Waals surface area contributed by atoms with Gasteiger partial charge in [-0.3, -0.25) is 0 Å². The van der Waals surface area contributed by atoms with E-state index in [4.69, 9.17) is 4.74 Å². The predicted octanol–water partition coefficient (Wildman–Crippen LogP) is 4.36. The summed E-state index contributed by atoms with van der Waals surface area (Å²) < 4.78 is 6.68. The van der Waals surface area contributed by atoms with E-state index >= 15 is 0 Å². The molecule has 0 fully saturated rings. The minimum Gasteiger partial charge on any atom is -0.493 e. The van der Waals surface area contributed by atoms with Gasteiger partial charge in [-0.25, -0.2) is 0 Å². The molecule has 0 saturated carbocycles. The van der Waals surface area contributed by atoms with Crippen LogP contribution >= 0.6 is 27.7 Å². The molecule has 84 valence electrons. The molecule has 0 atom stereocenters. The number of halogens is 1. The molecule has 1 aromatic rings. The average Bonchev–Trinajstić information content (AvgIpc) is 2.23. The van der Waals surface area contributed by atoms with Crippen molar-refractivity contribution in [1.82, 2.24) is 0 Å². The van der Waals surface area contributed by atoms with Crippen molar-refractivity contribution in [2.45, 2.75) is 19.8 Å². The van der Waals surface area contributed by atoms with Gasteiger partial charge in [0.1, 0.15) is 5.75 Å². The van der Waals surface area contributed by atoms with Crippen molar-refractivity contribution in [3.63, 3.8) is 0 Å². The van der Waals surface area contributed by atoms with Crippen LogP contribution in [0.1, 0.15) is 19.8 Å². The highest BCUT2D eigenvalue weighted by Crippen LogP contribution is 2.17. The van der Waals surface area contributed by atoms with E-state index in [0.29, 0.717) is 0 Å². The second-order valence-corrected chi connectivity index (χ2v) is 5.41. The fourth-order valence-electron chi connectivity index (χ4n) is 1.12. The van der Waals surface area contributed by atoms with Crippen LogP contribution in [0.15, 0.2) is 28.7 Å². The standard InChI is InChI=1S/C12H17BrOS/c1-2-3-8-15-9-7-14-12-6-4-5-11(13)10-12/h4-6,10H,2-3,7-9H2,1H3. The lowest BCUT2D eigenvalue weighted by molar-refractivity contribution is 0.344. The molecule has 0 amide bonds. The number of rotatable bonds is 7. The van der Waals surface area contributed by atoms with Gasteiger partial charge in [0.2, 0.25) is 0 Å². The molecular formula is C12H17BrOS. The number of hydrogen-bond donors (Lipinski definition) is 0. The summed E-state index contributed by atoms with van der Waals surface area (Å²) >= 11 is 5.38. The quantitative estimate of drug-likeness (QED) is 0.690. The normalized spacial score (nSPS) is 10.3. The first-order valence-corrected chi connectivity index (χ1v) is 7.24. The third kappa shape index (κ3) is 6.10. The van der Waals surface area contributed by atoms with Gasteiger partial charge in [-0.2, -0.15) is 11.8 Å². The summed E-state index contributed by atoms with van der Waals surface area (Å²) in [5.41, 5.74) is 0. The number of hydrogen-bond acceptors (Lipinski definition) is 2. The maximum atomic E-state index is 5.62. The Morgan fingerprint density at radius 1 is 1.33 bits per heavy atom. The Hall–Kier alpha value is -0.150. The van der Waals surface area contributed by atoms with Crippen molar-refractivity contribution in [2.24, 2.45) is 0 Å². The van der Waals surface area contributed by atoms with Gasteiger partial charge in [-0.1, -0.05) is 35.3 Å². The molecule has 0 aromatic heterocycles. The van der Waals surface area contributed by atoms with Gasteiger partial charge in [0, 0.05) is 10.2 Å². The molecule has 0 aliphatic carbocycles. The Balaban J connectivity index is 2.10. The average molecular weight is 289 g/mol. The van der Waals surface area contributed by atoms with E-state index < -0.39 is 0 Å². The van der Waals surface area contributed by atoms with Gasteiger partial charge in [0.15, 0.2) is 0 Å². The zero-order chi connectivity index (χ0) is 10.9. The molecule has 0 spiro atoms. The lowest BCUT2D eigenvalue weighted by Gasteiger charge is -2.05. The number of ether oxygens (including phenoxy) is 1. The van der Waals surface area contributed by atoms with Gasteiger partial charge >= 0.3 is 0 Å². The zero-order valence-corrected chi connectivity index (χ0v) is 11.4. The van der Waals surface area contributed by atoms with Crippen molar-refractivity contribution in [3.05, 3.63) is 28.7 Å². The third-order valence-electron chi connectivity index (χ3n) is 1.93. The molecular weight excluding hydrogens is 272 g/mol. The summed E-state index contributed by atoms with van der Waals surface area (Å²) in [6.45, 7) is 3.02. The van der Waals surface area contributed by atoms with Crippen LogP contribution in [0, 0.1) is 0 Å². The lowest BCUT2D eigenvalue weighted by atomic mass is 10.3. The fourth-order valence-corrected chi connectivity index (χ4v) is 2.40. The lowest BCUT2D eigenvalue weighted by Crippen LogP contribution is -2.00. The van der Waals surface area contributed by atoms with Crippen LogP contribution in [0.3, 0.4) is 0 Å². The molecule has 0 aliphatic heterocycles. The van der Waals surface area contributed by atoms with Crippen molar-refractivity contribution in [2.75, 3.05) is 18.1 Å². The van der Waals surface area contributed by atoms with E-state index in [-0.39, 0.29) is 0 Å². The van der Waals surface area contributed by atoms with Crippen LogP contribution in [0.4, 0.5) is 0 Å². The molecule has 0 radical (unpaired) electrons. The van der Waals surface area contributed by atoms with Crippen LogP contribution in [-0.4, -0.2) is 18.1 Å². The molecule has 0 saturated heterocycles. The van der Waals surface area contributed by atoms with Crippen molar-refractivity contribution in [3.8, 4) is 5.75 Å². The molecule has 3 heteroatoms. The van der Waals surface area contributed by atoms with Gasteiger partial charge in [-0.15, -0.1) is 0 Å². The molecule has 1 rings (SSSR count). The van der Waals surface area contributed by atoms with Gasteiger partial charge in [0.05, 0.1) is 6.61 Å². The van der Waals surface area contributed by atoms with Gasteiger partial charge < -0.3 is 4.74 Å². The minimum absolute atomic E-state index is 0.796. The molecule has 0 heterocycles. The predicted molar refractivity (Wildman–Crippen MR) is 71.9 cm³/mol. The Bertz CT molecular complexity index is 278. The Kier molecular flexibility index (Phi) is 6.94. The SMILES string of the molecule is CCCCSCCOc1cccc(Br)c1. The summed E-state index contributed by atoms with van der Waals surface area (Å²) in [6, 6.07) is 7.98. The maximum absolute atomic E-state index is 5.62. The Morgan fingerprint density at radius 3 is 2.93 bits per heavy atom. The number of thioether (sulfide) groups is 1. The van der Waals surface area contributed by atoms with E-state index in [9.17, 15) is 0 Å². The van der Waals surface area contributed by atoms with E-state index in [0.717, 1.165) is 22.6 Å². The number of benzene rings is 1. The topological polar surface area (TPSA) is 9.23 Å². The van der Waals surface area contributed by atoms with E-state index in [2.05, 4.69) is 22.9 Å². The molecule has 1 aromatic carbocycles. The monoisotopic (exact) mass is 288 g/mol. The van der Waals surface area contributed by atoms with Crippen molar-refractivity contribution in [1.29, 1.82) is 0 Å². The highest BCUT2D eigenvalue weighted by atomic mass is 79.9. The molecule has 0 aliphatic rings. The second-order valence-electron chi connectivity index (χ2n) is 3.27. The molecule has 0 N–H and O–H groups in total. The van der Waals surface area contributed by atoms with E-state index in [1.165, 1.54) is 18.6 Å². The summed E-state index contributed by atoms with van der Waals surface area (Å²) in [5.74, 6) is 3.27. The van der Waals surface area contributed by atoms with Gasteiger partial charge in [-0.05, 0) is 30.4 Å². The highest BCUT2D eigenvalue weighted by Gasteiger charge is 1.94. The first-order valence-electron chi connectivity index (χ1n) is 5.29. The summed E-state index contributed by atoms with van der Waals surface area (Å²) in [5, 5.41) is 0. The van der Waals surface area contributed by atoms with Gasteiger partial charge in [0.25, 0.3) is 0 Å². The van der Waals surface area contributed by atoms with Crippen molar-refractivity contribution >= 4 is 27.7 Å². The van der Waals surface area contributed by atoms with E-state index in [1.807, 2.05) is 36.0 Å². The molecule has 0 unspecified atom stereocenters. The smallest absolute Gasteiger partial charge is 0.120 e. The Labute approximate surface area is 105 Å². The number of unbranched alkanes of at least 4 members (excludes halogenated alkanes) is 1. The Morgan fingerprint density at radius 2 is 2.20 bits per heavy atom. The zero-order valence-electron chi connectivity index (χ0n) is 9.04. The fraction of sp³-hybridized carbons (Fsp3) is 0.500. The second kappa shape index (κ2) is 8.05. The highest BCUT2D eigenvalue weighted by molar-refractivity contribution is 9.10. The molecule has 15 heavy (non-hydrogen) atoms. The summed E-state index contributed by atoms with van der Waals surface area (Å²) in [6.07, 6.45) is 2.58. The summed E-state index contributed by atoms with van der Waals surface area (Å²) in [4.78, 5) is 0. The maximum Gasteiger partial charge on any atom is 0.120 e. The van der Waals surface area contributed by atoms with Crippen molar-refractivity contribution < 1.29 is 4.74 Å². The minimum atomic E-state index is 0.796. The molecule has 1 nitrogen and oxygen atoms in total. The van der Waals surface area contributed by atoms with Crippen LogP contribution in [0.2, 0.25) is 0 Å². The first kappa shape index (κ1) is 12.9. The van der Waals surface area contributed by atoms with Crippen LogP contribution < -0.4 is 4.74 Å². The van der Waals surface area contributed by atoms with Crippen LogP contribution in [-0.2, 0) is 0 Å². The third-order valence-corrected chi connectivity index (χ3v) is 3.46.